The molecule has 2 aromatic rings. The molecular formula is C21H19ClN2O7. The summed E-state index contributed by atoms with van der Waals surface area (Å²) in [4.78, 5) is 37.1. The van der Waals surface area contributed by atoms with E-state index in [9.17, 15) is 24.8 Å². The number of aliphatic hydroxyl groups is 2. The van der Waals surface area contributed by atoms with E-state index in [1.165, 1.54) is 29.2 Å². The number of carbonyl (C=O) groups excluding carboxylic acids is 2. The molecule has 2 aromatic carbocycles. The molecule has 1 amide bonds. The van der Waals surface area contributed by atoms with Gasteiger partial charge in [-0.2, -0.15) is 0 Å². The Morgan fingerprint density at radius 1 is 1.13 bits per heavy atom. The minimum Gasteiger partial charge on any atom is -0.507 e. The molecule has 0 saturated carbocycles. The molecule has 1 atom stereocenters. The minimum atomic E-state index is -0.971. The summed E-state index contributed by atoms with van der Waals surface area (Å²) in [5, 5.41) is 30.9. The van der Waals surface area contributed by atoms with Crippen LogP contribution in [0.5, 0.6) is 0 Å². The predicted octanol–water partition coefficient (Wildman–Crippen LogP) is 2.68. The molecule has 0 bridgehead atoms. The van der Waals surface area contributed by atoms with E-state index in [-0.39, 0.29) is 43.2 Å². The molecule has 0 radical (unpaired) electrons. The summed E-state index contributed by atoms with van der Waals surface area (Å²) in [5.41, 5.74) is 0.237. The van der Waals surface area contributed by atoms with E-state index in [2.05, 4.69) is 0 Å². The largest absolute Gasteiger partial charge is 0.507 e. The van der Waals surface area contributed by atoms with Gasteiger partial charge in [0.2, 0.25) is 0 Å². The average Bonchev–Trinajstić information content (AvgIpc) is 3.01. The molecular weight excluding hydrogens is 428 g/mol. The van der Waals surface area contributed by atoms with Gasteiger partial charge in [0, 0.05) is 29.3 Å². The van der Waals surface area contributed by atoms with E-state index in [0.29, 0.717) is 10.6 Å². The predicted molar refractivity (Wildman–Crippen MR) is 111 cm³/mol. The highest BCUT2D eigenvalue weighted by Crippen LogP contribution is 2.41. The third-order valence-corrected chi connectivity index (χ3v) is 5.15. The topological polar surface area (TPSA) is 130 Å². The molecule has 0 unspecified atom stereocenters. The smallest absolute Gasteiger partial charge is 0.295 e. The Labute approximate surface area is 182 Å². The van der Waals surface area contributed by atoms with Crippen LogP contribution in [-0.2, 0) is 14.3 Å². The Balaban J connectivity index is 2.08. The van der Waals surface area contributed by atoms with Gasteiger partial charge in [0.05, 0.1) is 36.4 Å². The van der Waals surface area contributed by atoms with Crippen LogP contribution in [-0.4, -0.2) is 58.1 Å². The van der Waals surface area contributed by atoms with Crippen molar-refractivity contribution in [2.45, 2.75) is 6.04 Å². The number of Topliss-reactive ketones (excluding diaryl/α,β-unsaturated/α-hetero) is 1. The van der Waals surface area contributed by atoms with Gasteiger partial charge < -0.3 is 19.8 Å². The molecule has 1 aliphatic rings. The highest BCUT2D eigenvalue weighted by molar-refractivity contribution is 6.47. The number of halogens is 1. The first-order valence-electron chi connectivity index (χ1n) is 9.33. The van der Waals surface area contributed by atoms with Gasteiger partial charge in [0.15, 0.2) is 0 Å². The van der Waals surface area contributed by atoms with Crippen LogP contribution in [0.1, 0.15) is 17.2 Å². The minimum absolute atomic E-state index is 0.0253. The summed E-state index contributed by atoms with van der Waals surface area (Å²) in [7, 11) is 0. The third-order valence-electron chi connectivity index (χ3n) is 4.80. The summed E-state index contributed by atoms with van der Waals surface area (Å²) in [6.45, 7) is -0.0278. The van der Waals surface area contributed by atoms with Gasteiger partial charge in [-0.3, -0.25) is 19.7 Å². The van der Waals surface area contributed by atoms with Crippen LogP contribution in [0.4, 0.5) is 5.69 Å². The number of non-ortho nitro benzene ring substituents is 1. The molecule has 3 rings (SSSR count). The molecule has 162 valence electrons. The molecule has 1 aliphatic heterocycles. The molecule has 0 aliphatic carbocycles. The van der Waals surface area contributed by atoms with E-state index >= 15 is 0 Å². The number of ether oxygens (including phenoxy) is 1. The maximum Gasteiger partial charge on any atom is 0.295 e. The standard InChI is InChI=1S/C21H19ClN2O7/c22-16-4-2-1-3-15(16)18-17(19(26)13-5-7-14(8-6-13)24(29)30)20(27)21(28)23(18)9-11-31-12-10-25/h1-8,18,25-26H,9-12H2/b19-17+/t18-/m0/s1. The van der Waals surface area contributed by atoms with Crippen molar-refractivity contribution in [2.75, 3.05) is 26.4 Å². The lowest BCUT2D eigenvalue weighted by Gasteiger charge is -2.26. The number of aliphatic hydroxyl groups excluding tert-OH is 2. The maximum absolute atomic E-state index is 12.8. The van der Waals surface area contributed by atoms with E-state index < -0.39 is 28.4 Å². The van der Waals surface area contributed by atoms with Crippen LogP contribution in [0, 0.1) is 10.1 Å². The van der Waals surface area contributed by atoms with Crippen LogP contribution in [0.3, 0.4) is 0 Å². The molecule has 31 heavy (non-hydrogen) atoms. The lowest BCUT2D eigenvalue weighted by Crippen LogP contribution is -2.33. The number of rotatable bonds is 8. The molecule has 1 saturated heterocycles. The summed E-state index contributed by atoms with van der Waals surface area (Å²) in [5.74, 6) is -2.19. The second-order valence-corrected chi connectivity index (χ2v) is 7.06. The van der Waals surface area contributed by atoms with Gasteiger partial charge in [0.1, 0.15) is 5.76 Å². The van der Waals surface area contributed by atoms with Gasteiger partial charge >= 0.3 is 0 Å². The maximum atomic E-state index is 12.8. The molecule has 0 aromatic heterocycles. The SMILES string of the molecule is O=C1C(=O)N(CCOCCO)[C@@H](c2ccccc2Cl)/C1=C(\O)c1ccc([N+](=O)[O-])cc1. The number of nitrogens with zero attached hydrogens (tertiary/aromatic N) is 2. The van der Waals surface area contributed by atoms with Gasteiger partial charge in [-0.15, -0.1) is 0 Å². The lowest BCUT2D eigenvalue weighted by molar-refractivity contribution is -0.384. The molecule has 0 spiro atoms. The van der Waals surface area contributed by atoms with E-state index in [0.717, 1.165) is 0 Å². The third kappa shape index (κ3) is 4.58. The summed E-state index contributed by atoms with van der Waals surface area (Å²) in [6.07, 6.45) is 0. The van der Waals surface area contributed by atoms with Crippen molar-refractivity contribution >= 4 is 34.7 Å². The van der Waals surface area contributed by atoms with Gasteiger partial charge in [-0.05, 0) is 23.8 Å². The fraction of sp³-hybridized carbons (Fsp3) is 0.238. The highest BCUT2D eigenvalue weighted by Gasteiger charge is 2.46. The second-order valence-electron chi connectivity index (χ2n) is 6.65. The fourth-order valence-electron chi connectivity index (χ4n) is 3.36. The van der Waals surface area contributed by atoms with E-state index in [1.54, 1.807) is 24.3 Å². The summed E-state index contributed by atoms with van der Waals surface area (Å²) >= 11 is 6.33. The second kappa shape index (κ2) is 9.69. The van der Waals surface area contributed by atoms with Crippen molar-refractivity contribution in [1.29, 1.82) is 0 Å². The fourth-order valence-corrected chi connectivity index (χ4v) is 3.60. The van der Waals surface area contributed by atoms with Crippen LogP contribution in [0.15, 0.2) is 54.1 Å². The Hall–Kier alpha value is -3.27. The summed E-state index contributed by atoms with van der Waals surface area (Å²) < 4.78 is 5.23. The first kappa shape index (κ1) is 22.4. The van der Waals surface area contributed by atoms with Crippen molar-refractivity contribution in [2.24, 2.45) is 0 Å². The Bertz CT molecular complexity index is 1040. The zero-order valence-corrected chi connectivity index (χ0v) is 17.0. The number of likely N-dealkylation sites (tertiary alicyclic amines) is 1. The van der Waals surface area contributed by atoms with Crippen molar-refractivity contribution in [3.63, 3.8) is 0 Å². The molecule has 9 nitrogen and oxygen atoms in total. The average molecular weight is 447 g/mol. The molecule has 2 N–H and O–H groups in total. The number of nitro groups is 1. The zero-order chi connectivity index (χ0) is 22.5. The van der Waals surface area contributed by atoms with Gasteiger partial charge in [0.25, 0.3) is 17.4 Å². The zero-order valence-electron chi connectivity index (χ0n) is 16.2. The normalized spacial score (nSPS) is 17.9. The Morgan fingerprint density at radius 2 is 1.81 bits per heavy atom. The Morgan fingerprint density at radius 3 is 2.42 bits per heavy atom. The first-order valence-corrected chi connectivity index (χ1v) is 9.71. The lowest BCUT2D eigenvalue weighted by atomic mass is 9.95. The van der Waals surface area contributed by atoms with Crippen LogP contribution < -0.4 is 0 Å². The quantitative estimate of drug-likeness (QED) is 0.159. The van der Waals surface area contributed by atoms with Crippen molar-refractivity contribution in [3.8, 4) is 0 Å². The molecule has 1 heterocycles. The van der Waals surface area contributed by atoms with Crippen LogP contribution in [0.2, 0.25) is 5.02 Å². The number of hydrogen-bond acceptors (Lipinski definition) is 7. The van der Waals surface area contributed by atoms with Crippen LogP contribution >= 0.6 is 11.6 Å². The van der Waals surface area contributed by atoms with Gasteiger partial charge in [-0.1, -0.05) is 29.8 Å². The van der Waals surface area contributed by atoms with E-state index in [4.69, 9.17) is 21.4 Å². The number of ketones is 1. The highest BCUT2D eigenvalue weighted by atomic mass is 35.5. The number of hydrogen-bond donors (Lipinski definition) is 2. The van der Waals surface area contributed by atoms with Crippen molar-refractivity contribution in [3.05, 3.63) is 80.4 Å². The van der Waals surface area contributed by atoms with E-state index in [1.807, 2.05) is 0 Å². The number of benzene rings is 2. The monoisotopic (exact) mass is 446 g/mol. The van der Waals surface area contributed by atoms with Crippen molar-refractivity contribution < 1.29 is 29.5 Å². The van der Waals surface area contributed by atoms with Crippen molar-refractivity contribution in [1.82, 2.24) is 4.90 Å². The number of nitro benzene ring substituents is 1. The Kier molecular flexibility index (Phi) is 7.01. The molecule has 10 heteroatoms. The first-order chi connectivity index (χ1) is 14.9. The number of amides is 1. The summed E-state index contributed by atoms with van der Waals surface area (Å²) in [6, 6.07) is 10.6. The number of carbonyl (C=O) groups is 2. The van der Waals surface area contributed by atoms with Gasteiger partial charge in [-0.25, -0.2) is 0 Å². The molecule has 1 fully saturated rings. The van der Waals surface area contributed by atoms with Crippen LogP contribution in [0.25, 0.3) is 5.76 Å².